The summed E-state index contributed by atoms with van der Waals surface area (Å²) in [6, 6.07) is 4.40. The molecule has 2 heterocycles. The molecular weight excluding hydrogens is 342 g/mol. The molecule has 0 aromatic heterocycles. The normalized spacial score (nSPS) is 29.3. The molecule has 0 aromatic rings. The molecule has 6 heteroatoms. The van der Waals surface area contributed by atoms with E-state index >= 15 is 0 Å². The molecule has 1 saturated carbocycles. The van der Waals surface area contributed by atoms with Crippen molar-refractivity contribution in [3.63, 3.8) is 0 Å². The summed E-state index contributed by atoms with van der Waals surface area (Å²) < 4.78 is 0. The molecule has 1 spiro atoms. The van der Waals surface area contributed by atoms with Crippen molar-refractivity contribution >= 4 is 12.6 Å². The van der Waals surface area contributed by atoms with Crippen molar-refractivity contribution in [3.8, 4) is 12.1 Å². The Morgan fingerprint density at radius 2 is 1.73 bits per heavy atom. The average Bonchev–Trinajstić information content (AvgIpc) is 2.64. The van der Waals surface area contributed by atoms with E-state index in [0.717, 1.165) is 32.1 Å². The van der Waals surface area contributed by atoms with Gasteiger partial charge in [-0.1, -0.05) is 18.4 Å². The minimum absolute atomic E-state index is 0.321. The number of allylic oxidation sites excluding steroid dienone is 2. The van der Waals surface area contributed by atoms with Gasteiger partial charge in [-0.25, -0.2) is 0 Å². The van der Waals surface area contributed by atoms with Crippen LogP contribution in [0.1, 0.15) is 58.3 Å². The first kappa shape index (κ1) is 20.6. The lowest BCUT2D eigenvalue weighted by Crippen LogP contribution is -3.09. The first-order valence-electron chi connectivity index (χ1n) is 9.79. The van der Waals surface area contributed by atoms with Crippen LogP contribution in [-0.2, 0) is 12.6 Å². The molecule has 0 atom stereocenters. The van der Waals surface area contributed by atoms with E-state index in [4.69, 9.17) is 18.4 Å². The van der Waals surface area contributed by atoms with Gasteiger partial charge in [0.05, 0.1) is 37.8 Å². The molecule has 5 nitrogen and oxygen atoms in total. The second-order valence-electron chi connectivity index (χ2n) is 7.79. The van der Waals surface area contributed by atoms with E-state index in [0.29, 0.717) is 27.9 Å². The van der Waals surface area contributed by atoms with Crippen LogP contribution in [0.15, 0.2) is 22.0 Å². The lowest BCUT2D eigenvalue weighted by Gasteiger charge is -2.44. The third-order valence-corrected chi connectivity index (χ3v) is 6.47. The van der Waals surface area contributed by atoms with Gasteiger partial charge in [-0.3, -0.25) is 0 Å². The third kappa shape index (κ3) is 4.31. The molecule has 4 N–H and O–H groups in total. The monoisotopic (exact) mass is 373 g/mol. The van der Waals surface area contributed by atoms with Crippen molar-refractivity contribution in [1.29, 1.82) is 10.5 Å². The van der Waals surface area contributed by atoms with Crippen LogP contribution in [-0.4, -0.2) is 20.1 Å². The van der Waals surface area contributed by atoms with Crippen LogP contribution >= 0.6 is 0 Å². The summed E-state index contributed by atoms with van der Waals surface area (Å²) >= 11 is 5.22. The van der Waals surface area contributed by atoms with Crippen molar-refractivity contribution in [3.05, 3.63) is 22.0 Å². The first-order chi connectivity index (χ1) is 12.5. The Morgan fingerprint density at radius 3 is 2.15 bits per heavy atom. The molecule has 3 aliphatic rings. The second kappa shape index (κ2) is 9.26. The minimum Gasteiger partial charge on any atom is -0.761 e. The number of quaternary nitrogens is 1. The maximum absolute atomic E-state index is 9.41. The Balaban J connectivity index is 0.000000290. The number of piperidine rings is 1. The highest BCUT2D eigenvalue weighted by molar-refractivity contribution is 7.63. The molecule has 0 aromatic carbocycles. The van der Waals surface area contributed by atoms with Crippen LogP contribution in [0.3, 0.4) is 0 Å². The second-order valence-corrected chi connectivity index (χ2v) is 8.20. The Morgan fingerprint density at radius 1 is 1.15 bits per heavy atom. The molecule has 0 radical (unpaired) electrons. The number of nitrogens with two attached hydrogens (primary N) is 1. The lowest BCUT2D eigenvalue weighted by molar-refractivity contribution is -0.884. The van der Waals surface area contributed by atoms with Gasteiger partial charge < -0.3 is 28.6 Å². The number of likely N-dealkylation sites (tertiary alicyclic amines) is 1. The van der Waals surface area contributed by atoms with Gasteiger partial charge in [-0.15, -0.1) is 0 Å². The number of nitriles is 2. The molecular formula is C20H31N5S. The fourth-order valence-corrected chi connectivity index (χ4v) is 4.76. The van der Waals surface area contributed by atoms with E-state index in [1.54, 1.807) is 4.90 Å². The van der Waals surface area contributed by atoms with E-state index in [9.17, 15) is 10.5 Å². The van der Waals surface area contributed by atoms with Crippen LogP contribution in [0.2, 0.25) is 0 Å². The summed E-state index contributed by atoms with van der Waals surface area (Å²) in [5.41, 5.74) is 6.37. The largest absolute Gasteiger partial charge is 0.761 e. The fraction of sp³-hybridized carbons (Fsp3) is 0.700. The molecule has 26 heavy (non-hydrogen) atoms. The van der Waals surface area contributed by atoms with Gasteiger partial charge in [0.2, 0.25) is 0 Å². The van der Waals surface area contributed by atoms with Gasteiger partial charge in [0.25, 0.3) is 0 Å². The van der Waals surface area contributed by atoms with Crippen molar-refractivity contribution < 1.29 is 4.90 Å². The highest BCUT2D eigenvalue weighted by atomic mass is 32.1. The molecule has 1 saturated heterocycles. The maximum Gasteiger partial charge on any atom is 0.114 e. The fourth-order valence-electron chi connectivity index (χ4n) is 4.41. The summed E-state index contributed by atoms with van der Waals surface area (Å²) in [5.74, 6) is 0.997. The Kier molecular flexibility index (Phi) is 7.32. The number of dihydropyridines is 1. The zero-order chi connectivity index (χ0) is 19.2. The van der Waals surface area contributed by atoms with Gasteiger partial charge in [0.1, 0.15) is 5.82 Å². The number of rotatable bonds is 1. The van der Waals surface area contributed by atoms with Gasteiger partial charge in [-0.2, -0.15) is 10.5 Å². The zero-order valence-electron chi connectivity index (χ0n) is 16.0. The highest BCUT2D eigenvalue weighted by Gasteiger charge is 2.45. The van der Waals surface area contributed by atoms with Crippen molar-refractivity contribution in [1.82, 2.24) is 5.32 Å². The molecule has 0 unspecified atom stereocenters. The summed E-state index contributed by atoms with van der Waals surface area (Å²) in [7, 11) is 2.28. The molecule has 2 fully saturated rings. The molecule has 1 aliphatic carbocycles. The SMILES string of the molecule is CCC1CCC2(CC1)C(C#N)=C(N)NC([S-])=C2C#N.C[NH+]1CCCCC1. The van der Waals surface area contributed by atoms with Crippen LogP contribution in [0.5, 0.6) is 0 Å². The predicted molar refractivity (Wildman–Crippen MR) is 105 cm³/mol. The summed E-state index contributed by atoms with van der Waals surface area (Å²) in [5, 5.41) is 22.0. The lowest BCUT2D eigenvalue weighted by atomic mass is 9.62. The Labute approximate surface area is 163 Å². The maximum atomic E-state index is 9.41. The van der Waals surface area contributed by atoms with E-state index in [1.165, 1.54) is 32.4 Å². The Bertz CT molecular complexity index is 600. The van der Waals surface area contributed by atoms with Crippen molar-refractivity contribution in [2.75, 3.05) is 20.1 Å². The molecule has 0 bridgehead atoms. The van der Waals surface area contributed by atoms with Gasteiger partial charge in [0, 0.05) is 11.0 Å². The summed E-state index contributed by atoms with van der Waals surface area (Å²) in [6.07, 6.45) is 9.13. The average molecular weight is 374 g/mol. The quantitative estimate of drug-likeness (QED) is 0.610. The number of nitrogens with zero attached hydrogens (tertiary/aromatic N) is 2. The molecule has 142 valence electrons. The van der Waals surface area contributed by atoms with Crippen LogP contribution in [0.25, 0.3) is 0 Å². The molecule has 2 aliphatic heterocycles. The van der Waals surface area contributed by atoms with E-state index in [-0.39, 0.29) is 0 Å². The van der Waals surface area contributed by atoms with E-state index in [1.807, 2.05) is 0 Å². The minimum atomic E-state index is -0.540. The molecule has 3 rings (SSSR count). The third-order valence-electron chi connectivity index (χ3n) is 6.17. The van der Waals surface area contributed by atoms with Gasteiger partial charge in [0.15, 0.2) is 0 Å². The van der Waals surface area contributed by atoms with Crippen molar-refractivity contribution in [2.24, 2.45) is 17.1 Å². The molecule has 0 amide bonds. The van der Waals surface area contributed by atoms with Gasteiger partial charge >= 0.3 is 0 Å². The van der Waals surface area contributed by atoms with Crippen LogP contribution < -0.4 is 16.0 Å². The predicted octanol–water partition coefficient (Wildman–Crippen LogP) is 1.84. The van der Waals surface area contributed by atoms with Gasteiger partial charge in [-0.05, 0) is 50.9 Å². The standard InChI is InChI=1S/C14H18N4S.C6H13N/c1-2-9-3-5-14(6-4-9)10(7-15)12(17)18-13(19)11(14)8-16;1-7-5-3-2-4-6-7/h9,18-19H,2-6,17H2,1H3;2-6H2,1H3. The highest BCUT2D eigenvalue weighted by Crippen LogP contribution is 2.52. The van der Waals surface area contributed by atoms with E-state index < -0.39 is 5.41 Å². The zero-order valence-corrected chi connectivity index (χ0v) is 16.8. The Hall–Kier alpha value is -1.76. The van der Waals surface area contributed by atoms with E-state index in [2.05, 4.69) is 31.4 Å². The first-order valence-corrected chi connectivity index (χ1v) is 10.2. The topological polar surface area (TPSA) is 90.1 Å². The van der Waals surface area contributed by atoms with Crippen LogP contribution in [0, 0.1) is 34.0 Å². The number of nitrogens with one attached hydrogen (secondary N) is 2. The number of hydrogen-bond acceptors (Lipinski definition) is 5. The van der Waals surface area contributed by atoms with Crippen molar-refractivity contribution in [2.45, 2.75) is 58.3 Å². The summed E-state index contributed by atoms with van der Waals surface area (Å²) in [4.78, 5) is 1.71. The summed E-state index contributed by atoms with van der Waals surface area (Å²) in [6.45, 7) is 4.99. The van der Waals surface area contributed by atoms with Crippen LogP contribution in [0.4, 0.5) is 0 Å². The smallest absolute Gasteiger partial charge is 0.114 e. The number of hydrogen-bond donors (Lipinski definition) is 3.